The van der Waals surface area contributed by atoms with Gasteiger partial charge in [0.25, 0.3) is 0 Å². The topological polar surface area (TPSA) is 68.3 Å². The van der Waals surface area contributed by atoms with E-state index in [1.54, 1.807) is 18.4 Å². The second-order valence-electron chi connectivity index (χ2n) is 3.71. The number of amides is 1. The van der Waals surface area contributed by atoms with Crippen LogP contribution in [0.25, 0.3) is 0 Å². The number of nitrogen functional groups attached to an aromatic ring is 1. The van der Waals surface area contributed by atoms with E-state index in [1.807, 2.05) is 24.3 Å². The van der Waals surface area contributed by atoms with Gasteiger partial charge in [-0.25, -0.2) is 0 Å². The van der Waals surface area contributed by atoms with Crippen LogP contribution in [0.5, 0.6) is 0 Å². The molecule has 94 valence electrons. The molecule has 1 aromatic carbocycles. The van der Waals surface area contributed by atoms with Gasteiger partial charge in [0.1, 0.15) is 5.76 Å². The second-order valence-corrected chi connectivity index (χ2v) is 4.69. The van der Waals surface area contributed by atoms with Crippen LogP contribution >= 0.6 is 11.8 Å². The average Bonchev–Trinajstić information content (AvgIpc) is 2.85. The van der Waals surface area contributed by atoms with Crippen LogP contribution in [-0.2, 0) is 10.5 Å². The number of nitrogens with two attached hydrogens (primary N) is 1. The number of carbonyl (C=O) groups excluding carboxylic acids is 1. The Morgan fingerprint density at radius 1 is 1.28 bits per heavy atom. The Balaban J connectivity index is 1.77. The molecule has 0 aliphatic heterocycles. The number of rotatable bonds is 5. The van der Waals surface area contributed by atoms with E-state index < -0.39 is 0 Å². The minimum Gasteiger partial charge on any atom is -0.468 e. The number of para-hydroxylation sites is 2. The molecular weight excluding hydrogens is 248 g/mol. The van der Waals surface area contributed by atoms with E-state index in [1.165, 1.54) is 11.8 Å². The fraction of sp³-hybridized carbons (Fsp3) is 0.154. The highest BCUT2D eigenvalue weighted by molar-refractivity contribution is 7.99. The molecule has 2 aromatic rings. The third-order valence-electron chi connectivity index (χ3n) is 2.29. The number of nitrogens with one attached hydrogen (secondary N) is 1. The number of furan rings is 1. The van der Waals surface area contributed by atoms with Gasteiger partial charge in [-0.3, -0.25) is 4.79 Å². The number of thioether (sulfide) groups is 1. The maximum Gasteiger partial charge on any atom is 0.234 e. The van der Waals surface area contributed by atoms with E-state index in [0.29, 0.717) is 22.9 Å². The predicted octanol–water partition coefficient (Wildman–Crippen LogP) is 2.73. The largest absolute Gasteiger partial charge is 0.468 e. The fourth-order valence-electron chi connectivity index (χ4n) is 1.44. The van der Waals surface area contributed by atoms with Gasteiger partial charge in [-0.1, -0.05) is 12.1 Å². The third kappa shape index (κ3) is 3.56. The van der Waals surface area contributed by atoms with Crippen molar-refractivity contribution in [3.05, 3.63) is 48.4 Å². The third-order valence-corrected chi connectivity index (χ3v) is 3.25. The lowest BCUT2D eigenvalue weighted by Gasteiger charge is -2.07. The van der Waals surface area contributed by atoms with Crippen molar-refractivity contribution < 1.29 is 9.21 Å². The smallest absolute Gasteiger partial charge is 0.234 e. The molecule has 0 saturated carbocycles. The zero-order valence-electron chi connectivity index (χ0n) is 9.76. The summed E-state index contributed by atoms with van der Waals surface area (Å²) in [4.78, 5) is 11.7. The van der Waals surface area contributed by atoms with Crippen LogP contribution < -0.4 is 11.1 Å². The van der Waals surface area contributed by atoms with Crippen molar-refractivity contribution in [1.29, 1.82) is 0 Å². The Morgan fingerprint density at radius 3 is 2.83 bits per heavy atom. The predicted molar refractivity (Wildman–Crippen MR) is 74.4 cm³/mol. The highest BCUT2D eigenvalue weighted by Gasteiger charge is 2.05. The SMILES string of the molecule is Nc1ccccc1NC(=O)CSCc1ccco1. The highest BCUT2D eigenvalue weighted by atomic mass is 32.2. The first-order valence-corrected chi connectivity index (χ1v) is 6.65. The summed E-state index contributed by atoms with van der Waals surface area (Å²) in [6.07, 6.45) is 1.63. The van der Waals surface area contributed by atoms with E-state index in [9.17, 15) is 4.79 Å². The van der Waals surface area contributed by atoms with E-state index in [4.69, 9.17) is 10.2 Å². The van der Waals surface area contributed by atoms with Crippen molar-refractivity contribution in [2.45, 2.75) is 5.75 Å². The van der Waals surface area contributed by atoms with Crippen molar-refractivity contribution in [3.8, 4) is 0 Å². The molecule has 0 aliphatic rings. The maximum atomic E-state index is 11.7. The molecule has 0 bridgehead atoms. The number of hydrogen-bond donors (Lipinski definition) is 2. The molecule has 0 aliphatic carbocycles. The summed E-state index contributed by atoms with van der Waals surface area (Å²) in [5.41, 5.74) is 6.96. The van der Waals surface area contributed by atoms with Crippen molar-refractivity contribution in [3.63, 3.8) is 0 Å². The maximum absolute atomic E-state index is 11.7. The first-order valence-electron chi connectivity index (χ1n) is 5.50. The van der Waals surface area contributed by atoms with Crippen molar-refractivity contribution >= 4 is 29.0 Å². The Hall–Kier alpha value is -1.88. The lowest BCUT2D eigenvalue weighted by atomic mass is 10.3. The molecule has 1 heterocycles. The highest BCUT2D eigenvalue weighted by Crippen LogP contribution is 2.18. The Bertz CT molecular complexity index is 511. The first kappa shape index (κ1) is 12.6. The molecule has 1 aromatic heterocycles. The van der Waals surface area contributed by atoms with Gasteiger partial charge in [-0.2, -0.15) is 0 Å². The van der Waals surface area contributed by atoms with Crippen molar-refractivity contribution in [2.75, 3.05) is 16.8 Å². The molecule has 0 saturated heterocycles. The van der Waals surface area contributed by atoms with Crippen LogP contribution in [-0.4, -0.2) is 11.7 Å². The number of benzene rings is 1. The number of anilines is 2. The van der Waals surface area contributed by atoms with Gasteiger partial charge in [0, 0.05) is 0 Å². The van der Waals surface area contributed by atoms with Gasteiger partial charge in [-0.05, 0) is 24.3 Å². The van der Waals surface area contributed by atoms with Crippen LogP contribution in [0.15, 0.2) is 47.1 Å². The number of hydrogen-bond acceptors (Lipinski definition) is 4. The molecule has 0 fully saturated rings. The summed E-state index contributed by atoms with van der Waals surface area (Å²) in [5, 5.41) is 2.77. The zero-order valence-corrected chi connectivity index (χ0v) is 10.6. The molecule has 3 N–H and O–H groups in total. The van der Waals surface area contributed by atoms with Crippen LogP contribution in [0.2, 0.25) is 0 Å². The van der Waals surface area contributed by atoms with Crippen LogP contribution in [0.4, 0.5) is 11.4 Å². The minimum atomic E-state index is -0.0653. The van der Waals surface area contributed by atoms with Gasteiger partial charge < -0.3 is 15.5 Å². The Labute approximate surface area is 110 Å². The Morgan fingerprint density at radius 2 is 2.11 bits per heavy atom. The average molecular weight is 262 g/mol. The first-order chi connectivity index (χ1) is 8.75. The molecule has 0 atom stereocenters. The lowest BCUT2D eigenvalue weighted by molar-refractivity contribution is -0.113. The van der Waals surface area contributed by atoms with Gasteiger partial charge in [0.2, 0.25) is 5.91 Å². The van der Waals surface area contributed by atoms with Gasteiger partial charge in [0.15, 0.2) is 0 Å². The monoisotopic (exact) mass is 262 g/mol. The van der Waals surface area contributed by atoms with Crippen molar-refractivity contribution in [2.24, 2.45) is 0 Å². The molecule has 0 spiro atoms. The van der Waals surface area contributed by atoms with E-state index in [0.717, 1.165) is 5.76 Å². The van der Waals surface area contributed by atoms with E-state index in [2.05, 4.69) is 5.32 Å². The van der Waals surface area contributed by atoms with Gasteiger partial charge in [-0.15, -0.1) is 11.8 Å². The van der Waals surface area contributed by atoms with E-state index >= 15 is 0 Å². The summed E-state index contributed by atoms with van der Waals surface area (Å²) >= 11 is 1.50. The molecule has 0 radical (unpaired) electrons. The molecule has 2 rings (SSSR count). The lowest BCUT2D eigenvalue weighted by Crippen LogP contribution is -2.15. The second kappa shape index (κ2) is 6.16. The van der Waals surface area contributed by atoms with Gasteiger partial charge in [0.05, 0.1) is 29.1 Å². The van der Waals surface area contributed by atoms with Crippen LogP contribution in [0, 0.1) is 0 Å². The summed E-state index contributed by atoms with van der Waals surface area (Å²) < 4.78 is 5.18. The van der Waals surface area contributed by atoms with E-state index in [-0.39, 0.29) is 5.91 Å². The summed E-state index contributed by atoms with van der Waals surface area (Å²) in [6.45, 7) is 0. The van der Waals surface area contributed by atoms with Crippen LogP contribution in [0.3, 0.4) is 0 Å². The zero-order chi connectivity index (χ0) is 12.8. The van der Waals surface area contributed by atoms with Gasteiger partial charge >= 0.3 is 0 Å². The normalized spacial score (nSPS) is 10.2. The van der Waals surface area contributed by atoms with Crippen molar-refractivity contribution in [1.82, 2.24) is 0 Å². The summed E-state index contributed by atoms with van der Waals surface area (Å²) in [7, 11) is 0. The fourth-order valence-corrected chi connectivity index (χ4v) is 2.16. The molecule has 1 amide bonds. The molecule has 4 nitrogen and oxygen atoms in total. The quantitative estimate of drug-likeness (QED) is 0.813. The molecule has 5 heteroatoms. The number of carbonyl (C=O) groups is 1. The Kier molecular flexibility index (Phi) is 4.30. The minimum absolute atomic E-state index is 0.0653. The van der Waals surface area contributed by atoms with Crippen LogP contribution in [0.1, 0.15) is 5.76 Å². The summed E-state index contributed by atoms with van der Waals surface area (Å²) in [6, 6.07) is 10.9. The molecule has 0 unspecified atom stereocenters. The summed E-state index contributed by atoms with van der Waals surface area (Å²) in [5.74, 6) is 1.86. The molecule has 18 heavy (non-hydrogen) atoms. The standard InChI is InChI=1S/C13H14N2O2S/c14-11-5-1-2-6-12(11)15-13(16)9-18-8-10-4-3-7-17-10/h1-7H,8-9,14H2,(H,15,16). The molecular formula is C13H14N2O2S.